The molecular formula is C14H21BrN4O3. The Morgan fingerprint density at radius 3 is 2.82 bits per heavy atom. The number of likely N-dealkylation sites (tertiary alicyclic amines) is 1. The highest BCUT2D eigenvalue weighted by atomic mass is 79.9. The lowest BCUT2D eigenvalue weighted by molar-refractivity contribution is -0.131. The van der Waals surface area contributed by atoms with Crippen molar-refractivity contribution in [3.05, 3.63) is 16.9 Å². The van der Waals surface area contributed by atoms with Crippen molar-refractivity contribution < 1.29 is 14.3 Å². The van der Waals surface area contributed by atoms with E-state index < -0.39 is 11.7 Å². The van der Waals surface area contributed by atoms with Gasteiger partial charge < -0.3 is 15.0 Å². The molecule has 2 amide bonds. The van der Waals surface area contributed by atoms with Gasteiger partial charge >= 0.3 is 6.09 Å². The van der Waals surface area contributed by atoms with Crippen LogP contribution in [0.25, 0.3) is 0 Å². The molecule has 0 aliphatic carbocycles. The van der Waals surface area contributed by atoms with Gasteiger partial charge in [0.2, 0.25) is 5.91 Å². The van der Waals surface area contributed by atoms with E-state index in [1.165, 1.54) is 0 Å². The lowest BCUT2D eigenvalue weighted by atomic mass is 10.2. The summed E-state index contributed by atoms with van der Waals surface area (Å²) in [6, 6.07) is -0.0665. The van der Waals surface area contributed by atoms with Gasteiger partial charge in [-0.25, -0.2) is 4.79 Å². The topological polar surface area (TPSA) is 76.5 Å². The normalized spacial score (nSPS) is 18.4. The number of hydrogen-bond donors (Lipinski definition) is 1. The van der Waals surface area contributed by atoms with Crippen LogP contribution in [0.3, 0.4) is 0 Å². The van der Waals surface area contributed by atoms with E-state index in [1.807, 2.05) is 20.8 Å². The number of halogens is 1. The van der Waals surface area contributed by atoms with Gasteiger partial charge in [0.15, 0.2) is 0 Å². The molecule has 1 aliphatic rings. The molecule has 2 rings (SSSR count). The first-order valence-corrected chi connectivity index (χ1v) is 7.97. The molecule has 0 saturated carbocycles. The van der Waals surface area contributed by atoms with E-state index in [1.54, 1.807) is 22.0 Å². The van der Waals surface area contributed by atoms with Crippen LogP contribution in [-0.2, 0) is 16.1 Å². The molecule has 1 aliphatic heterocycles. The second-order valence-electron chi connectivity index (χ2n) is 6.33. The van der Waals surface area contributed by atoms with Crippen molar-refractivity contribution in [1.29, 1.82) is 0 Å². The minimum Gasteiger partial charge on any atom is -0.444 e. The minimum absolute atomic E-state index is 0.0101. The van der Waals surface area contributed by atoms with Crippen LogP contribution in [0.4, 0.5) is 4.79 Å². The van der Waals surface area contributed by atoms with E-state index in [-0.39, 0.29) is 18.5 Å². The summed E-state index contributed by atoms with van der Waals surface area (Å²) in [5.41, 5.74) is -0.522. The van der Waals surface area contributed by atoms with Gasteiger partial charge in [0.05, 0.1) is 16.7 Å². The summed E-state index contributed by atoms with van der Waals surface area (Å²) >= 11 is 3.30. The molecule has 0 aromatic carbocycles. The molecule has 1 aromatic rings. The fraction of sp³-hybridized carbons (Fsp3) is 0.643. The SMILES string of the molecule is CC(C)(C)OC(=O)NC1CCN(C(=O)Cn2cc(Br)cn2)C1. The van der Waals surface area contributed by atoms with Gasteiger partial charge in [-0.1, -0.05) is 0 Å². The molecule has 0 radical (unpaired) electrons. The Bertz CT molecular complexity index is 553. The fourth-order valence-corrected chi connectivity index (χ4v) is 2.57. The molecule has 0 bridgehead atoms. The van der Waals surface area contributed by atoms with Gasteiger partial charge in [-0.15, -0.1) is 0 Å². The molecule has 0 spiro atoms. The predicted molar refractivity (Wildman–Crippen MR) is 84.3 cm³/mol. The van der Waals surface area contributed by atoms with E-state index in [0.29, 0.717) is 13.1 Å². The molecule has 1 unspecified atom stereocenters. The van der Waals surface area contributed by atoms with Crippen molar-refractivity contribution in [2.75, 3.05) is 13.1 Å². The van der Waals surface area contributed by atoms with Crippen LogP contribution in [0.15, 0.2) is 16.9 Å². The standard InChI is InChI=1S/C14H21BrN4O3/c1-14(2,3)22-13(21)17-11-4-5-18(8-11)12(20)9-19-7-10(15)6-16-19/h6-7,11H,4-5,8-9H2,1-3H3,(H,17,21). The molecule has 7 nitrogen and oxygen atoms in total. The maximum Gasteiger partial charge on any atom is 0.407 e. The fourth-order valence-electron chi connectivity index (χ4n) is 2.24. The van der Waals surface area contributed by atoms with Crippen LogP contribution < -0.4 is 5.32 Å². The van der Waals surface area contributed by atoms with Gasteiger partial charge in [0.25, 0.3) is 0 Å². The summed E-state index contributed by atoms with van der Waals surface area (Å²) < 4.78 is 7.64. The lowest BCUT2D eigenvalue weighted by Crippen LogP contribution is -2.41. The molecule has 22 heavy (non-hydrogen) atoms. The Kier molecular flexibility index (Phi) is 5.10. The molecular weight excluding hydrogens is 352 g/mol. The van der Waals surface area contributed by atoms with Gasteiger partial charge in [0, 0.05) is 19.3 Å². The van der Waals surface area contributed by atoms with Gasteiger partial charge in [-0.3, -0.25) is 9.48 Å². The molecule has 122 valence electrons. The van der Waals surface area contributed by atoms with Crippen LogP contribution in [0, 0.1) is 0 Å². The summed E-state index contributed by atoms with van der Waals surface area (Å²) in [5.74, 6) is -0.0101. The number of amides is 2. The third-order valence-electron chi connectivity index (χ3n) is 3.16. The summed E-state index contributed by atoms with van der Waals surface area (Å²) in [4.78, 5) is 25.7. The second kappa shape index (κ2) is 6.68. The quantitative estimate of drug-likeness (QED) is 0.876. The zero-order chi connectivity index (χ0) is 16.3. The van der Waals surface area contributed by atoms with E-state index in [9.17, 15) is 9.59 Å². The number of rotatable bonds is 3. The lowest BCUT2D eigenvalue weighted by Gasteiger charge is -2.22. The zero-order valence-corrected chi connectivity index (χ0v) is 14.6. The van der Waals surface area contributed by atoms with Gasteiger partial charge in [-0.2, -0.15) is 5.10 Å². The average Bonchev–Trinajstić information content (AvgIpc) is 2.96. The number of nitrogens with zero attached hydrogens (tertiary/aromatic N) is 3. The molecule has 1 N–H and O–H groups in total. The number of hydrogen-bond acceptors (Lipinski definition) is 4. The first-order chi connectivity index (χ1) is 10.2. The minimum atomic E-state index is -0.522. The number of ether oxygens (including phenoxy) is 1. The molecule has 8 heteroatoms. The molecule has 1 fully saturated rings. The van der Waals surface area contributed by atoms with Crippen molar-refractivity contribution in [3.8, 4) is 0 Å². The van der Waals surface area contributed by atoms with E-state index in [4.69, 9.17) is 4.74 Å². The van der Waals surface area contributed by atoms with Crippen molar-refractivity contribution in [2.45, 2.75) is 45.4 Å². The molecule has 1 atom stereocenters. The van der Waals surface area contributed by atoms with Gasteiger partial charge in [-0.05, 0) is 43.1 Å². The van der Waals surface area contributed by atoms with Crippen molar-refractivity contribution in [3.63, 3.8) is 0 Å². The average molecular weight is 373 g/mol. The van der Waals surface area contributed by atoms with E-state index in [2.05, 4.69) is 26.3 Å². The predicted octanol–water partition coefficient (Wildman–Crippen LogP) is 1.77. The smallest absolute Gasteiger partial charge is 0.407 e. The van der Waals surface area contributed by atoms with Crippen LogP contribution >= 0.6 is 15.9 Å². The van der Waals surface area contributed by atoms with Crippen molar-refractivity contribution in [2.24, 2.45) is 0 Å². The van der Waals surface area contributed by atoms with Crippen LogP contribution in [0.5, 0.6) is 0 Å². The van der Waals surface area contributed by atoms with Crippen LogP contribution in [0.2, 0.25) is 0 Å². The zero-order valence-electron chi connectivity index (χ0n) is 13.0. The van der Waals surface area contributed by atoms with E-state index in [0.717, 1.165) is 10.9 Å². The highest BCUT2D eigenvalue weighted by Crippen LogP contribution is 2.13. The summed E-state index contributed by atoms with van der Waals surface area (Å²) in [6.07, 6.45) is 3.69. The Morgan fingerprint density at radius 2 is 2.23 bits per heavy atom. The van der Waals surface area contributed by atoms with E-state index >= 15 is 0 Å². The second-order valence-corrected chi connectivity index (χ2v) is 7.24. The third-order valence-corrected chi connectivity index (χ3v) is 3.57. The maximum absolute atomic E-state index is 12.2. The number of carbonyl (C=O) groups excluding carboxylic acids is 2. The Hall–Kier alpha value is -1.57. The number of carbonyl (C=O) groups is 2. The highest BCUT2D eigenvalue weighted by molar-refractivity contribution is 9.10. The maximum atomic E-state index is 12.2. The Morgan fingerprint density at radius 1 is 1.50 bits per heavy atom. The van der Waals surface area contributed by atoms with Crippen LogP contribution in [-0.4, -0.2) is 51.4 Å². The molecule has 1 saturated heterocycles. The molecule has 1 aromatic heterocycles. The Labute approximate surface area is 138 Å². The van der Waals surface area contributed by atoms with Crippen LogP contribution in [0.1, 0.15) is 27.2 Å². The van der Waals surface area contributed by atoms with Gasteiger partial charge in [0.1, 0.15) is 12.1 Å². The largest absolute Gasteiger partial charge is 0.444 e. The molecule has 2 heterocycles. The highest BCUT2D eigenvalue weighted by Gasteiger charge is 2.28. The summed E-state index contributed by atoms with van der Waals surface area (Å²) in [7, 11) is 0. The number of alkyl carbamates (subject to hydrolysis) is 1. The Balaban J connectivity index is 1.79. The first kappa shape index (κ1) is 16.8. The summed E-state index contributed by atoms with van der Waals surface area (Å²) in [5, 5.41) is 6.87. The number of nitrogens with one attached hydrogen (secondary N) is 1. The first-order valence-electron chi connectivity index (χ1n) is 7.18. The third kappa shape index (κ3) is 5.01. The summed E-state index contributed by atoms with van der Waals surface area (Å²) in [6.45, 7) is 6.78. The number of aromatic nitrogens is 2. The van der Waals surface area contributed by atoms with Crippen molar-refractivity contribution in [1.82, 2.24) is 20.0 Å². The monoisotopic (exact) mass is 372 g/mol. The van der Waals surface area contributed by atoms with Crippen molar-refractivity contribution >= 4 is 27.9 Å².